The molecule has 0 aliphatic carbocycles. The maximum atomic E-state index is 12.2. The summed E-state index contributed by atoms with van der Waals surface area (Å²) in [7, 11) is 0. The minimum Gasteiger partial charge on any atom is -0.444 e. The molecule has 2 heterocycles. The fourth-order valence-electron chi connectivity index (χ4n) is 2.37. The van der Waals surface area contributed by atoms with Gasteiger partial charge in [0.15, 0.2) is 0 Å². The number of nitriles is 1. The average molecular weight is 382 g/mol. The van der Waals surface area contributed by atoms with E-state index < -0.39 is 23.5 Å². The van der Waals surface area contributed by atoms with E-state index in [2.05, 4.69) is 27.0 Å². The van der Waals surface area contributed by atoms with Crippen LogP contribution in [-0.2, 0) is 11.1 Å². The molecule has 6 heteroatoms. The molecular formula is C17H22BrN3O2. The highest BCUT2D eigenvalue weighted by Gasteiger charge is 2.38. The molecule has 0 aromatic carbocycles. The molecule has 23 heavy (non-hydrogen) atoms. The van der Waals surface area contributed by atoms with Crippen molar-refractivity contribution in [1.29, 1.82) is 5.26 Å². The Morgan fingerprint density at radius 2 is 2.22 bits per heavy atom. The molecule has 0 radical (unpaired) electrons. The quantitative estimate of drug-likeness (QED) is 0.778. The molecule has 1 fully saturated rings. The molecule has 1 saturated heterocycles. The number of likely N-dealkylation sites (tertiary alicyclic amines) is 1. The second-order valence-corrected chi connectivity index (χ2v) is 7.47. The van der Waals surface area contributed by atoms with Gasteiger partial charge < -0.3 is 9.64 Å². The molecule has 124 valence electrons. The van der Waals surface area contributed by atoms with Crippen molar-refractivity contribution in [2.75, 3.05) is 13.1 Å². The van der Waals surface area contributed by atoms with Gasteiger partial charge in [-0.1, -0.05) is 0 Å². The van der Waals surface area contributed by atoms with Crippen LogP contribution in [0.1, 0.15) is 42.0 Å². The molecule has 0 bridgehead atoms. The Labute approximate surface area is 148 Å². The van der Waals surface area contributed by atoms with Crippen LogP contribution in [0.15, 0.2) is 22.8 Å². The lowest BCUT2D eigenvalue weighted by Crippen LogP contribution is -2.45. The third-order valence-electron chi connectivity index (χ3n) is 3.60. The molecule has 0 unspecified atom stereocenters. The van der Waals surface area contributed by atoms with Crippen molar-refractivity contribution in [2.24, 2.45) is 5.41 Å². The summed E-state index contributed by atoms with van der Waals surface area (Å²) in [4.78, 5) is 17.9. The van der Waals surface area contributed by atoms with Crippen LogP contribution in [0.25, 0.3) is 0 Å². The maximum absolute atomic E-state index is 12.2. The van der Waals surface area contributed by atoms with E-state index >= 15 is 0 Å². The van der Waals surface area contributed by atoms with Crippen LogP contribution >= 0.6 is 15.9 Å². The number of rotatable bonds is 2. The predicted octanol–water partition coefficient (Wildman–Crippen LogP) is 3.93. The van der Waals surface area contributed by atoms with Crippen LogP contribution < -0.4 is 0 Å². The molecule has 0 spiro atoms. The average Bonchev–Trinajstić information content (AvgIpc) is 2.53. The zero-order chi connectivity index (χ0) is 18.9. The lowest BCUT2D eigenvalue weighted by molar-refractivity contribution is 0.0148. The molecule has 1 aromatic rings. The fraction of sp³-hybridized carbons (Fsp3) is 0.588. The molecule has 0 atom stereocenters. The number of hydrogen-bond donors (Lipinski definition) is 0. The number of aromatic nitrogens is 1. The second-order valence-electron chi connectivity index (χ2n) is 6.62. The minimum absolute atomic E-state index is 0.210. The summed E-state index contributed by atoms with van der Waals surface area (Å²) in [6.07, 6.45) is -0.420. The Bertz CT molecular complexity index is 690. The summed E-state index contributed by atoms with van der Waals surface area (Å²) in [6.45, 7) is 5.93. The second kappa shape index (κ2) is 6.88. The van der Waals surface area contributed by atoms with Gasteiger partial charge in [-0.2, -0.15) is 5.26 Å². The van der Waals surface area contributed by atoms with Crippen molar-refractivity contribution in [2.45, 2.75) is 45.6 Å². The van der Waals surface area contributed by atoms with Gasteiger partial charge in [0, 0.05) is 32.9 Å². The lowest BCUT2D eigenvalue weighted by Gasteiger charge is -2.37. The van der Waals surface area contributed by atoms with Crippen LogP contribution in [0.3, 0.4) is 0 Å². The summed E-state index contributed by atoms with van der Waals surface area (Å²) in [6, 6.07) is 5.59. The Kier molecular flexibility index (Phi) is 4.47. The van der Waals surface area contributed by atoms with E-state index in [0.717, 1.165) is 0 Å². The molecule has 0 saturated carbocycles. The maximum Gasteiger partial charge on any atom is 0.410 e. The number of nitrogens with zero attached hydrogens (tertiary/aromatic N) is 3. The summed E-state index contributed by atoms with van der Waals surface area (Å²) >= 11 is 3.32. The zero-order valence-electron chi connectivity index (χ0n) is 15.6. The van der Waals surface area contributed by atoms with E-state index in [1.807, 2.05) is 0 Å². The number of carbonyl (C=O) groups excluding carboxylic acids is 1. The first-order valence-corrected chi connectivity index (χ1v) is 8.32. The SMILES string of the molecule is [2H]C([2H])(c1ncccc1Br)C1(C#N)CCN(C(=O)OC(C)(C)C)CC1. The van der Waals surface area contributed by atoms with E-state index in [1.54, 1.807) is 32.9 Å². The van der Waals surface area contributed by atoms with Crippen LogP contribution in [0, 0.1) is 16.7 Å². The van der Waals surface area contributed by atoms with E-state index in [4.69, 9.17) is 7.48 Å². The third-order valence-corrected chi connectivity index (χ3v) is 4.24. The monoisotopic (exact) mass is 381 g/mol. The standard InChI is InChI=1S/C17H22BrN3O2/c1-16(2,3)23-15(22)21-9-6-17(12-19,7-10-21)11-14-13(18)5-4-8-20-14/h4-5,8H,6-7,9-11H2,1-3H3/i11D2. The Balaban J connectivity index is 2.20. The van der Waals surface area contributed by atoms with Gasteiger partial charge in [-0.3, -0.25) is 4.98 Å². The summed E-state index contributed by atoms with van der Waals surface area (Å²) in [5.41, 5.74) is -1.63. The van der Waals surface area contributed by atoms with Crippen LogP contribution in [0.4, 0.5) is 4.79 Å². The fourth-order valence-corrected chi connectivity index (χ4v) is 2.72. The Hall–Kier alpha value is -1.61. The largest absolute Gasteiger partial charge is 0.444 e. The van der Waals surface area contributed by atoms with Gasteiger partial charge >= 0.3 is 6.09 Å². The molecule has 1 aliphatic heterocycles. The van der Waals surface area contributed by atoms with E-state index in [9.17, 15) is 10.1 Å². The van der Waals surface area contributed by atoms with Crippen molar-refractivity contribution in [3.05, 3.63) is 28.5 Å². The van der Waals surface area contributed by atoms with Crippen LogP contribution in [-0.4, -0.2) is 34.7 Å². The minimum atomic E-state index is -1.94. The first kappa shape index (κ1) is 14.9. The molecule has 2 rings (SSSR count). The Morgan fingerprint density at radius 3 is 2.74 bits per heavy atom. The number of amides is 1. The van der Waals surface area contributed by atoms with Crippen LogP contribution in [0.2, 0.25) is 0 Å². The van der Waals surface area contributed by atoms with E-state index in [-0.39, 0.29) is 31.6 Å². The van der Waals surface area contributed by atoms with Crippen molar-refractivity contribution in [3.8, 4) is 6.07 Å². The van der Waals surface area contributed by atoms with E-state index in [1.165, 1.54) is 11.1 Å². The van der Waals surface area contributed by atoms with Gasteiger partial charge in [-0.25, -0.2) is 4.79 Å². The molecule has 5 nitrogen and oxygen atoms in total. The topological polar surface area (TPSA) is 66.2 Å². The molecular weight excluding hydrogens is 358 g/mol. The lowest BCUT2D eigenvalue weighted by atomic mass is 9.76. The van der Waals surface area contributed by atoms with Gasteiger partial charge in [0.1, 0.15) is 5.60 Å². The number of ether oxygens (including phenoxy) is 1. The van der Waals surface area contributed by atoms with Crippen molar-refractivity contribution in [1.82, 2.24) is 9.88 Å². The van der Waals surface area contributed by atoms with Crippen molar-refractivity contribution >= 4 is 22.0 Å². The van der Waals surface area contributed by atoms with Gasteiger partial charge in [0.05, 0.1) is 17.2 Å². The highest BCUT2D eigenvalue weighted by atomic mass is 79.9. The Morgan fingerprint density at radius 1 is 1.57 bits per heavy atom. The highest BCUT2D eigenvalue weighted by molar-refractivity contribution is 9.10. The number of pyridine rings is 1. The van der Waals surface area contributed by atoms with Gasteiger partial charge in [-0.05, 0) is 61.7 Å². The first-order chi connectivity index (χ1) is 11.5. The van der Waals surface area contributed by atoms with Gasteiger partial charge in [-0.15, -0.1) is 0 Å². The van der Waals surface area contributed by atoms with Gasteiger partial charge in [0.25, 0.3) is 0 Å². The summed E-state index contributed by atoms with van der Waals surface area (Å²) < 4.78 is 23.1. The first-order valence-electron chi connectivity index (χ1n) is 8.53. The highest BCUT2D eigenvalue weighted by Crippen LogP contribution is 2.36. The normalized spacial score (nSPS) is 19.3. The van der Waals surface area contributed by atoms with Crippen LogP contribution in [0.5, 0.6) is 0 Å². The number of hydrogen-bond acceptors (Lipinski definition) is 4. The molecule has 1 aromatic heterocycles. The van der Waals surface area contributed by atoms with Gasteiger partial charge in [0.2, 0.25) is 0 Å². The van der Waals surface area contributed by atoms with Crippen molar-refractivity contribution < 1.29 is 12.3 Å². The summed E-state index contributed by atoms with van der Waals surface area (Å²) in [5.74, 6) is 0. The third kappa shape index (κ3) is 4.68. The van der Waals surface area contributed by atoms with Crippen molar-refractivity contribution in [3.63, 3.8) is 0 Å². The smallest absolute Gasteiger partial charge is 0.410 e. The molecule has 1 amide bonds. The number of carbonyl (C=O) groups is 1. The number of halogens is 1. The zero-order valence-corrected chi connectivity index (χ0v) is 15.2. The summed E-state index contributed by atoms with van der Waals surface area (Å²) in [5, 5.41) is 9.77. The predicted molar refractivity (Wildman–Crippen MR) is 90.7 cm³/mol. The molecule has 1 aliphatic rings. The van der Waals surface area contributed by atoms with E-state index in [0.29, 0.717) is 4.47 Å². The number of piperidine rings is 1. The molecule has 0 N–H and O–H groups in total.